The maximum Gasteiger partial charge on any atom is 0.275 e. The van der Waals surface area contributed by atoms with Crippen LogP contribution < -0.4 is 0 Å². The van der Waals surface area contributed by atoms with Gasteiger partial charge in [-0.15, -0.1) is 0 Å². The number of halogens is 2. The van der Waals surface area contributed by atoms with E-state index in [2.05, 4.69) is 0 Å². The zero-order valence-corrected chi connectivity index (χ0v) is 18.8. The molecule has 3 amide bonds. The molecule has 2 saturated carbocycles. The molecule has 5 rings (SSSR count). The fraction of sp³-hybridized carbons (Fsp3) is 0.348. The first-order chi connectivity index (χ1) is 15.8. The molecule has 2 aromatic rings. The molecule has 2 bridgehead atoms. The van der Waals surface area contributed by atoms with Crippen molar-refractivity contribution in [2.24, 2.45) is 23.7 Å². The van der Waals surface area contributed by atoms with E-state index in [0.717, 1.165) is 29.3 Å². The summed E-state index contributed by atoms with van der Waals surface area (Å²) in [5.74, 6) is -2.02. The molecule has 170 valence electrons. The van der Waals surface area contributed by atoms with Gasteiger partial charge >= 0.3 is 0 Å². The number of nitro groups is 1. The summed E-state index contributed by atoms with van der Waals surface area (Å²) in [6, 6.07) is 10.1. The molecule has 3 aliphatic rings. The topological polar surface area (TPSA) is 101 Å². The Morgan fingerprint density at radius 1 is 1.00 bits per heavy atom. The Balaban J connectivity index is 1.56. The van der Waals surface area contributed by atoms with Gasteiger partial charge in [-0.3, -0.25) is 24.5 Å². The standard InChI is InChI=1S/C23H19Cl2N3O5/c24-16-6-3-12(4-7-16)21(29)26(11-15-5-8-17(25)10-18(15)28(32)33)27-22(30)19-13-1-2-14(9-13)20(19)23(27)31/h3-8,10,13-14,19-20H,1-2,9,11H2/t13-,14-,19-,20+/m0/s1. The van der Waals surface area contributed by atoms with Crippen molar-refractivity contribution < 1.29 is 19.3 Å². The maximum atomic E-state index is 13.5. The average molecular weight is 488 g/mol. The molecule has 0 unspecified atom stereocenters. The zero-order valence-electron chi connectivity index (χ0n) is 17.3. The number of fused-ring (bicyclic) bond motifs is 5. The minimum Gasteiger partial charge on any atom is -0.272 e. The Bertz CT molecular complexity index is 1160. The van der Waals surface area contributed by atoms with Crippen LogP contribution in [0.2, 0.25) is 10.0 Å². The van der Waals surface area contributed by atoms with Crippen LogP contribution in [0.1, 0.15) is 35.2 Å². The fourth-order valence-electron chi connectivity index (χ4n) is 5.61. The van der Waals surface area contributed by atoms with Crippen LogP contribution in [0.3, 0.4) is 0 Å². The Morgan fingerprint density at radius 3 is 2.15 bits per heavy atom. The van der Waals surface area contributed by atoms with E-state index >= 15 is 0 Å². The minimum absolute atomic E-state index is 0.138. The molecule has 1 saturated heterocycles. The largest absolute Gasteiger partial charge is 0.275 e. The highest BCUT2D eigenvalue weighted by atomic mass is 35.5. The molecule has 0 N–H and O–H groups in total. The molecule has 10 heteroatoms. The van der Waals surface area contributed by atoms with E-state index in [1.54, 1.807) is 0 Å². The van der Waals surface area contributed by atoms with Crippen molar-refractivity contribution >= 4 is 46.6 Å². The fourth-order valence-corrected chi connectivity index (χ4v) is 5.90. The molecule has 0 radical (unpaired) electrons. The van der Waals surface area contributed by atoms with E-state index in [0.29, 0.717) is 5.02 Å². The van der Waals surface area contributed by atoms with E-state index < -0.39 is 34.5 Å². The number of hydrazine groups is 1. The third kappa shape index (κ3) is 3.57. The Kier molecular flexibility index (Phi) is 5.37. The van der Waals surface area contributed by atoms with Gasteiger partial charge in [0.1, 0.15) is 0 Å². The molecule has 0 aromatic heterocycles. The summed E-state index contributed by atoms with van der Waals surface area (Å²) >= 11 is 11.9. The first-order valence-electron chi connectivity index (χ1n) is 10.6. The third-order valence-electron chi connectivity index (χ3n) is 7.04. The van der Waals surface area contributed by atoms with Crippen LogP contribution in [0.15, 0.2) is 42.5 Å². The highest BCUT2D eigenvalue weighted by molar-refractivity contribution is 6.31. The first-order valence-corrected chi connectivity index (χ1v) is 11.4. The van der Waals surface area contributed by atoms with Crippen molar-refractivity contribution in [2.75, 3.05) is 0 Å². The maximum absolute atomic E-state index is 13.5. The van der Waals surface area contributed by atoms with Gasteiger partial charge in [-0.05, 0) is 67.5 Å². The number of nitro benzene ring substituents is 1. The van der Waals surface area contributed by atoms with E-state index in [-0.39, 0.29) is 40.2 Å². The molecule has 33 heavy (non-hydrogen) atoms. The lowest BCUT2D eigenvalue weighted by atomic mass is 9.81. The zero-order chi connectivity index (χ0) is 23.4. The SMILES string of the molecule is O=C(c1ccc(Cl)cc1)N(Cc1ccc(Cl)cc1[N+](=O)[O-])N1C(=O)[C@@H]2[C@H]3CC[C@@H](C3)[C@@H]2C1=O. The molecule has 2 aromatic carbocycles. The van der Waals surface area contributed by atoms with Crippen molar-refractivity contribution in [1.82, 2.24) is 10.0 Å². The number of rotatable bonds is 5. The van der Waals surface area contributed by atoms with Gasteiger partial charge in [-0.2, -0.15) is 5.01 Å². The molecule has 3 fully saturated rings. The number of carbonyl (C=O) groups is 3. The molecule has 1 heterocycles. The number of hydrogen-bond donors (Lipinski definition) is 0. The van der Waals surface area contributed by atoms with Gasteiger partial charge in [0.05, 0.1) is 28.9 Å². The quantitative estimate of drug-likeness (QED) is 0.351. The second kappa shape index (κ2) is 8.11. The number of hydrogen-bond acceptors (Lipinski definition) is 5. The average Bonchev–Trinajstić information content (AvgIpc) is 3.47. The lowest BCUT2D eigenvalue weighted by Gasteiger charge is -2.31. The molecule has 8 nitrogen and oxygen atoms in total. The summed E-state index contributed by atoms with van der Waals surface area (Å²) in [6.07, 6.45) is 2.65. The van der Waals surface area contributed by atoms with Crippen LogP contribution in [-0.4, -0.2) is 32.7 Å². The molecular weight excluding hydrogens is 469 g/mol. The Morgan fingerprint density at radius 2 is 1.58 bits per heavy atom. The lowest BCUT2D eigenvalue weighted by molar-refractivity contribution is -0.385. The lowest BCUT2D eigenvalue weighted by Crippen LogP contribution is -2.50. The summed E-state index contributed by atoms with van der Waals surface area (Å²) in [5.41, 5.74) is 0.0692. The van der Waals surface area contributed by atoms with Gasteiger partial charge in [-0.1, -0.05) is 23.2 Å². The van der Waals surface area contributed by atoms with E-state index in [9.17, 15) is 24.5 Å². The number of carbonyl (C=O) groups excluding carboxylic acids is 3. The van der Waals surface area contributed by atoms with E-state index in [1.165, 1.54) is 42.5 Å². The number of imide groups is 1. The highest BCUT2D eigenvalue weighted by Crippen LogP contribution is 2.56. The van der Waals surface area contributed by atoms with Crippen molar-refractivity contribution in [2.45, 2.75) is 25.8 Å². The van der Waals surface area contributed by atoms with Gasteiger partial charge in [0, 0.05) is 21.7 Å². The van der Waals surface area contributed by atoms with Crippen molar-refractivity contribution in [1.29, 1.82) is 0 Å². The predicted molar refractivity (Wildman–Crippen MR) is 119 cm³/mol. The third-order valence-corrected chi connectivity index (χ3v) is 7.52. The van der Waals surface area contributed by atoms with E-state index in [4.69, 9.17) is 23.2 Å². The highest BCUT2D eigenvalue weighted by Gasteiger charge is 2.62. The number of amides is 3. The molecule has 2 aliphatic carbocycles. The van der Waals surface area contributed by atoms with Gasteiger partial charge < -0.3 is 0 Å². The van der Waals surface area contributed by atoms with Gasteiger partial charge in [0.15, 0.2) is 0 Å². The van der Waals surface area contributed by atoms with Crippen LogP contribution in [0.25, 0.3) is 0 Å². The summed E-state index contributed by atoms with van der Waals surface area (Å²) in [6.45, 7) is -0.332. The first kappa shape index (κ1) is 21.9. The summed E-state index contributed by atoms with van der Waals surface area (Å²) in [7, 11) is 0. The Hall–Kier alpha value is -2.97. The Labute approximate surface area is 199 Å². The van der Waals surface area contributed by atoms with Gasteiger partial charge in [0.25, 0.3) is 23.4 Å². The summed E-state index contributed by atoms with van der Waals surface area (Å²) in [5, 5.41) is 14.2. The second-order valence-electron chi connectivity index (χ2n) is 8.77. The smallest absolute Gasteiger partial charge is 0.272 e. The normalized spacial score (nSPS) is 25.5. The minimum atomic E-state index is -0.620. The molecule has 1 aliphatic heterocycles. The van der Waals surface area contributed by atoms with Crippen LogP contribution in [0.4, 0.5) is 5.69 Å². The van der Waals surface area contributed by atoms with Crippen LogP contribution in [0.5, 0.6) is 0 Å². The number of benzene rings is 2. The predicted octanol–water partition coefficient (Wildman–Crippen LogP) is 4.49. The van der Waals surface area contributed by atoms with Crippen LogP contribution >= 0.6 is 23.2 Å². The van der Waals surface area contributed by atoms with E-state index in [1.807, 2.05) is 0 Å². The van der Waals surface area contributed by atoms with Gasteiger partial charge in [0.2, 0.25) is 0 Å². The van der Waals surface area contributed by atoms with Crippen molar-refractivity contribution in [3.63, 3.8) is 0 Å². The summed E-state index contributed by atoms with van der Waals surface area (Å²) in [4.78, 5) is 51.4. The molecule has 0 spiro atoms. The molecular formula is C23H19Cl2N3O5. The summed E-state index contributed by atoms with van der Waals surface area (Å²) < 4.78 is 0. The van der Waals surface area contributed by atoms with Crippen molar-refractivity contribution in [3.8, 4) is 0 Å². The van der Waals surface area contributed by atoms with Crippen LogP contribution in [-0.2, 0) is 16.1 Å². The van der Waals surface area contributed by atoms with Crippen LogP contribution in [0, 0.1) is 33.8 Å². The monoisotopic (exact) mass is 487 g/mol. The van der Waals surface area contributed by atoms with Gasteiger partial charge in [-0.25, -0.2) is 5.01 Å². The second-order valence-corrected chi connectivity index (χ2v) is 9.65. The number of nitrogens with zero attached hydrogens (tertiary/aromatic N) is 3. The molecule has 4 atom stereocenters. The van der Waals surface area contributed by atoms with Crippen molar-refractivity contribution in [3.05, 3.63) is 73.8 Å².